The number of hydrogen-bond acceptors (Lipinski definition) is 3. The first-order valence-electron chi connectivity index (χ1n) is 6.02. The fraction of sp³-hybridized carbons (Fsp3) is 0.214. The molecule has 2 aromatic heterocycles. The van der Waals surface area contributed by atoms with E-state index in [1.807, 2.05) is 0 Å². The summed E-state index contributed by atoms with van der Waals surface area (Å²) >= 11 is 0. The fourth-order valence-corrected chi connectivity index (χ4v) is 2.07. The Morgan fingerprint density at radius 2 is 2.06 bits per heavy atom. The molecule has 3 rings (SSSR count). The molecule has 2 heterocycles. The summed E-state index contributed by atoms with van der Waals surface area (Å²) in [5, 5.41) is 0. The van der Waals surface area contributed by atoms with Crippen LogP contribution in [-0.2, 0) is 12.8 Å². The summed E-state index contributed by atoms with van der Waals surface area (Å²) < 4.78 is 0. The summed E-state index contributed by atoms with van der Waals surface area (Å²) in [5.74, 6) is 0.966. The van der Waals surface area contributed by atoms with E-state index in [9.17, 15) is 0 Å². The van der Waals surface area contributed by atoms with Crippen molar-refractivity contribution < 1.29 is 0 Å². The average molecular weight is 238 g/mol. The maximum atomic E-state index is 4.45. The van der Waals surface area contributed by atoms with Crippen molar-refractivity contribution in [3.05, 3.63) is 53.7 Å². The Balaban J connectivity index is 1.79. The first-order chi connectivity index (χ1) is 8.83. The molecule has 0 spiro atoms. The van der Waals surface area contributed by atoms with Crippen LogP contribution in [-0.4, -0.2) is 19.9 Å². The van der Waals surface area contributed by atoms with Crippen LogP contribution >= 0.6 is 0 Å². The zero-order valence-corrected chi connectivity index (χ0v) is 10.2. The quantitative estimate of drug-likeness (QED) is 0.762. The molecule has 0 fully saturated rings. The molecule has 0 unspecified atom stereocenters. The van der Waals surface area contributed by atoms with E-state index in [0.29, 0.717) is 0 Å². The van der Waals surface area contributed by atoms with E-state index < -0.39 is 0 Å². The van der Waals surface area contributed by atoms with Gasteiger partial charge in [-0.05, 0) is 24.5 Å². The third-order valence-corrected chi connectivity index (χ3v) is 3.10. The Bertz CT molecular complexity index is 639. The van der Waals surface area contributed by atoms with Crippen molar-refractivity contribution in [2.45, 2.75) is 19.8 Å². The van der Waals surface area contributed by atoms with E-state index >= 15 is 0 Å². The maximum Gasteiger partial charge on any atom is 0.180 e. The van der Waals surface area contributed by atoms with Gasteiger partial charge in [0.1, 0.15) is 17.7 Å². The summed E-state index contributed by atoms with van der Waals surface area (Å²) in [4.78, 5) is 15.8. The highest BCUT2D eigenvalue weighted by Crippen LogP contribution is 2.12. The lowest BCUT2D eigenvalue weighted by molar-refractivity contribution is 0.882. The van der Waals surface area contributed by atoms with Crippen LogP contribution in [0.2, 0.25) is 0 Å². The van der Waals surface area contributed by atoms with Gasteiger partial charge < -0.3 is 4.98 Å². The number of hydrogen-bond donors (Lipinski definition) is 1. The summed E-state index contributed by atoms with van der Waals surface area (Å²) in [5.41, 5.74) is 4.33. The van der Waals surface area contributed by atoms with Gasteiger partial charge in [-0.1, -0.05) is 24.3 Å². The zero-order valence-electron chi connectivity index (χ0n) is 10.2. The number of H-pyrrole nitrogens is 1. The number of nitrogens with one attached hydrogen (secondary N) is 1. The molecule has 18 heavy (non-hydrogen) atoms. The van der Waals surface area contributed by atoms with Gasteiger partial charge in [-0.3, -0.25) is 0 Å². The molecule has 3 aromatic rings. The molecule has 0 bridgehead atoms. The lowest BCUT2D eigenvalue weighted by atomic mass is 10.0. The third kappa shape index (κ3) is 2.09. The number of nitrogens with zero attached hydrogens (tertiary/aromatic N) is 3. The van der Waals surface area contributed by atoms with Crippen molar-refractivity contribution in [1.29, 1.82) is 0 Å². The maximum absolute atomic E-state index is 4.45. The molecular weight excluding hydrogens is 224 g/mol. The van der Waals surface area contributed by atoms with E-state index in [1.54, 1.807) is 6.20 Å². The van der Waals surface area contributed by atoms with Crippen molar-refractivity contribution >= 4 is 11.2 Å². The Hall–Kier alpha value is -2.23. The number of fused-ring (bicyclic) bond motifs is 1. The van der Waals surface area contributed by atoms with Gasteiger partial charge in [-0.2, -0.15) is 0 Å². The van der Waals surface area contributed by atoms with Gasteiger partial charge in [0.2, 0.25) is 0 Å². The highest BCUT2D eigenvalue weighted by atomic mass is 15.0. The molecule has 90 valence electrons. The fourth-order valence-electron chi connectivity index (χ4n) is 2.07. The van der Waals surface area contributed by atoms with Gasteiger partial charge >= 0.3 is 0 Å². The third-order valence-electron chi connectivity index (χ3n) is 3.10. The SMILES string of the molecule is Cc1ccccc1CCc1nc2ncncc2[nH]1. The Morgan fingerprint density at radius 1 is 1.17 bits per heavy atom. The molecule has 0 atom stereocenters. The molecule has 1 N–H and O–H groups in total. The summed E-state index contributed by atoms with van der Waals surface area (Å²) in [6.45, 7) is 2.14. The zero-order chi connectivity index (χ0) is 12.4. The van der Waals surface area contributed by atoms with Gasteiger partial charge in [0.05, 0.1) is 6.20 Å². The molecule has 0 saturated heterocycles. The van der Waals surface area contributed by atoms with Gasteiger partial charge in [0.25, 0.3) is 0 Å². The second-order valence-corrected chi connectivity index (χ2v) is 4.37. The van der Waals surface area contributed by atoms with Gasteiger partial charge in [-0.25, -0.2) is 15.0 Å². The summed E-state index contributed by atoms with van der Waals surface area (Å²) in [6, 6.07) is 8.44. The van der Waals surface area contributed by atoms with Gasteiger partial charge in [0.15, 0.2) is 5.65 Å². The van der Waals surface area contributed by atoms with Gasteiger partial charge in [0, 0.05) is 6.42 Å². The lowest BCUT2D eigenvalue weighted by Crippen LogP contribution is -1.95. The number of rotatable bonds is 3. The number of aromatic amines is 1. The van der Waals surface area contributed by atoms with E-state index in [2.05, 4.69) is 51.1 Å². The largest absolute Gasteiger partial charge is 0.339 e. The Labute approximate surface area is 105 Å². The minimum atomic E-state index is 0.741. The van der Waals surface area contributed by atoms with Crippen LogP contribution in [0.15, 0.2) is 36.8 Å². The average Bonchev–Trinajstić information content (AvgIpc) is 2.80. The van der Waals surface area contributed by atoms with Crippen LogP contribution in [0.3, 0.4) is 0 Å². The highest BCUT2D eigenvalue weighted by molar-refractivity contribution is 5.68. The second kappa shape index (κ2) is 4.56. The van der Waals surface area contributed by atoms with Crippen molar-refractivity contribution in [2.24, 2.45) is 0 Å². The van der Waals surface area contributed by atoms with E-state index in [0.717, 1.165) is 29.8 Å². The molecule has 1 aromatic carbocycles. The molecule has 4 heteroatoms. The van der Waals surface area contributed by atoms with E-state index in [1.165, 1.54) is 17.5 Å². The lowest BCUT2D eigenvalue weighted by Gasteiger charge is -2.03. The number of aryl methyl sites for hydroxylation is 3. The van der Waals surface area contributed by atoms with E-state index in [4.69, 9.17) is 0 Å². The first kappa shape index (κ1) is 10.9. The smallest absolute Gasteiger partial charge is 0.180 e. The van der Waals surface area contributed by atoms with Crippen molar-refractivity contribution in [1.82, 2.24) is 19.9 Å². The molecule has 0 aliphatic heterocycles. The predicted octanol–water partition coefficient (Wildman–Crippen LogP) is 2.45. The molecule has 0 amide bonds. The first-order valence-corrected chi connectivity index (χ1v) is 6.02. The van der Waals surface area contributed by atoms with Crippen LogP contribution in [0.5, 0.6) is 0 Å². The molecule has 0 radical (unpaired) electrons. The normalized spacial score (nSPS) is 10.9. The van der Waals surface area contributed by atoms with Crippen molar-refractivity contribution in [2.75, 3.05) is 0 Å². The predicted molar refractivity (Wildman–Crippen MR) is 70.3 cm³/mol. The molecule has 0 saturated carbocycles. The van der Waals surface area contributed by atoms with Crippen molar-refractivity contribution in [3.8, 4) is 0 Å². The minimum absolute atomic E-state index is 0.741. The van der Waals surface area contributed by atoms with Crippen molar-refractivity contribution in [3.63, 3.8) is 0 Å². The van der Waals surface area contributed by atoms with E-state index in [-0.39, 0.29) is 0 Å². The summed E-state index contributed by atoms with van der Waals surface area (Å²) in [6.07, 6.45) is 5.15. The second-order valence-electron chi connectivity index (χ2n) is 4.37. The minimum Gasteiger partial charge on any atom is -0.339 e. The number of aromatic nitrogens is 4. The molecule has 0 aliphatic carbocycles. The molecule has 0 aliphatic rings. The molecule has 4 nitrogen and oxygen atoms in total. The van der Waals surface area contributed by atoms with Crippen LogP contribution in [0.4, 0.5) is 0 Å². The van der Waals surface area contributed by atoms with Crippen LogP contribution < -0.4 is 0 Å². The topological polar surface area (TPSA) is 54.5 Å². The highest BCUT2D eigenvalue weighted by Gasteiger charge is 2.04. The number of benzene rings is 1. The monoisotopic (exact) mass is 238 g/mol. The number of imidazole rings is 1. The summed E-state index contributed by atoms with van der Waals surface area (Å²) in [7, 11) is 0. The molecular formula is C14H14N4. The van der Waals surface area contributed by atoms with Gasteiger partial charge in [-0.15, -0.1) is 0 Å². The Morgan fingerprint density at radius 3 is 2.89 bits per heavy atom. The van der Waals surface area contributed by atoms with Crippen LogP contribution in [0.1, 0.15) is 17.0 Å². The van der Waals surface area contributed by atoms with Crippen LogP contribution in [0, 0.1) is 6.92 Å². The van der Waals surface area contributed by atoms with Crippen LogP contribution in [0.25, 0.3) is 11.2 Å². The standard InChI is InChI=1S/C14H14N4/c1-10-4-2-3-5-11(10)6-7-13-17-12-8-15-9-16-14(12)18-13/h2-5,8-9H,6-7H2,1H3,(H,15,16,17,18). The Kier molecular flexibility index (Phi) is 2.76.